The molecule has 14 nitrogen and oxygen atoms in total. The van der Waals surface area contributed by atoms with Crippen LogP contribution in [0.3, 0.4) is 0 Å². The maximum Gasteiger partial charge on any atom is 0.405 e. The highest BCUT2D eigenvalue weighted by atomic mass is 35.5. The smallest absolute Gasteiger partial charge is 0.405 e. The summed E-state index contributed by atoms with van der Waals surface area (Å²) in [5.74, 6) is -2.17. The predicted octanol–water partition coefficient (Wildman–Crippen LogP) is 4.16. The van der Waals surface area contributed by atoms with Gasteiger partial charge in [-0.05, 0) is 82.4 Å². The third kappa shape index (κ3) is 7.52. The minimum Gasteiger partial charge on any atom is -0.492 e. The Bertz CT molecular complexity index is 1900. The number of ether oxygens (including phenoxy) is 2. The number of rotatable bonds is 8. The summed E-state index contributed by atoms with van der Waals surface area (Å²) in [6.45, 7) is 7.56. The zero-order valence-electron chi connectivity index (χ0n) is 29.7. The molecule has 3 heterocycles. The molecule has 0 radical (unpaired) electrons. The Morgan fingerprint density at radius 1 is 1.17 bits per heavy atom. The van der Waals surface area contributed by atoms with Gasteiger partial charge in [0.25, 0.3) is 5.91 Å². The van der Waals surface area contributed by atoms with Crippen molar-refractivity contribution in [1.82, 2.24) is 25.2 Å². The summed E-state index contributed by atoms with van der Waals surface area (Å²) in [4.78, 5) is 60.3. The molecule has 1 aromatic heterocycles. The van der Waals surface area contributed by atoms with E-state index in [1.807, 2.05) is 26.0 Å². The average molecular weight is 760 g/mol. The molecule has 7 atom stereocenters. The number of allylic oxidation sites excluding steroid dienone is 1. The van der Waals surface area contributed by atoms with Gasteiger partial charge in [0.05, 0.1) is 24.1 Å². The molecule has 1 saturated heterocycles. The second-order valence-electron chi connectivity index (χ2n) is 14.9. The van der Waals surface area contributed by atoms with E-state index in [-0.39, 0.29) is 31.2 Å². The van der Waals surface area contributed by atoms with Crippen molar-refractivity contribution in [2.24, 2.45) is 17.8 Å². The van der Waals surface area contributed by atoms with Gasteiger partial charge < -0.3 is 30.1 Å². The SMILES string of the molecule is CCOc1cnc(O[C@@H]2C[C@H]3C(=O)N[C@]4(C(=O)NS(=O)(=O)C5(C)CC5)C[C@H]4/C=C\CC[C@@H](C)C[C@@H](C)[C@H](NC(=O)O)C(=O)N3C2)c2cc(Cl)ccc12. The number of hydrogen-bond donors (Lipinski definition) is 4. The second-order valence-corrected chi connectivity index (χ2v) is 17.6. The lowest BCUT2D eigenvalue weighted by Gasteiger charge is -2.32. The van der Waals surface area contributed by atoms with Crippen LogP contribution in [0.1, 0.15) is 72.6 Å². The van der Waals surface area contributed by atoms with E-state index in [1.54, 1.807) is 32.0 Å². The number of sulfonamides is 1. The number of amides is 4. The molecule has 3 fully saturated rings. The summed E-state index contributed by atoms with van der Waals surface area (Å²) < 4.78 is 39.5. The Hall–Kier alpha value is -4.11. The predicted molar refractivity (Wildman–Crippen MR) is 192 cm³/mol. The first-order valence-electron chi connectivity index (χ1n) is 17.8. The van der Waals surface area contributed by atoms with Gasteiger partial charge in [0.1, 0.15) is 29.5 Å². The van der Waals surface area contributed by atoms with Crippen molar-refractivity contribution in [3.05, 3.63) is 41.6 Å². The Labute approximate surface area is 308 Å². The summed E-state index contributed by atoms with van der Waals surface area (Å²) >= 11 is 6.35. The Balaban J connectivity index is 1.35. The molecule has 1 aromatic carbocycles. The first kappa shape index (κ1) is 37.6. The number of nitrogens with one attached hydrogen (secondary N) is 3. The van der Waals surface area contributed by atoms with E-state index in [0.717, 1.165) is 6.42 Å². The zero-order valence-corrected chi connectivity index (χ0v) is 31.3. The van der Waals surface area contributed by atoms with Crippen LogP contribution in [0.5, 0.6) is 11.6 Å². The summed E-state index contributed by atoms with van der Waals surface area (Å²) in [6.07, 6.45) is 6.04. The molecule has 52 heavy (non-hydrogen) atoms. The van der Waals surface area contributed by atoms with Crippen molar-refractivity contribution in [2.45, 2.75) is 101 Å². The lowest BCUT2D eigenvalue weighted by atomic mass is 9.88. The minimum absolute atomic E-state index is 0.0202. The Kier molecular flexibility index (Phi) is 10.4. The molecule has 2 saturated carbocycles. The van der Waals surface area contributed by atoms with Gasteiger partial charge in [-0.25, -0.2) is 18.2 Å². The number of fused-ring (bicyclic) bond motifs is 3. The maximum atomic E-state index is 14.4. The van der Waals surface area contributed by atoms with Crippen molar-refractivity contribution in [2.75, 3.05) is 13.2 Å². The fourth-order valence-electron chi connectivity index (χ4n) is 7.42. The fourth-order valence-corrected chi connectivity index (χ4v) is 8.90. The quantitative estimate of drug-likeness (QED) is 0.284. The van der Waals surface area contributed by atoms with Crippen molar-refractivity contribution in [1.29, 1.82) is 0 Å². The van der Waals surface area contributed by atoms with E-state index in [2.05, 4.69) is 20.3 Å². The monoisotopic (exact) mass is 759 g/mol. The molecule has 0 bridgehead atoms. The molecule has 2 aliphatic carbocycles. The first-order chi connectivity index (χ1) is 24.6. The summed E-state index contributed by atoms with van der Waals surface area (Å²) in [6, 6.07) is 2.82. The van der Waals surface area contributed by atoms with Gasteiger partial charge in [-0.2, -0.15) is 0 Å². The van der Waals surface area contributed by atoms with Crippen LogP contribution in [0.2, 0.25) is 5.02 Å². The molecular formula is C36H46ClN5O9S. The van der Waals surface area contributed by atoms with Crippen LogP contribution in [0.4, 0.5) is 4.79 Å². The van der Waals surface area contributed by atoms with Crippen molar-refractivity contribution >= 4 is 56.2 Å². The van der Waals surface area contributed by atoms with Crippen LogP contribution in [-0.2, 0) is 24.4 Å². The summed E-state index contributed by atoms with van der Waals surface area (Å²) in [5, 5.41) is 16.7. The number of carbonyl (C=O) groups excluding carboxylic acids is 3. The normalized spacial score (nSPS) is 30.8. The van der Waals surface area contributed by atoms with Crippen LogP contribution in [0.15, 0.2) is 36.5 Å². The van der Waals surface area contributed by atoms with Crippen molar-refractivity contribution in [3.63, 3.8) is 0 Å². The van der Waals surface area contributed by atoms with Crippen LogP contribution in [0.25, 0.3) is 10.8 Å². The molecular weight excluding hydrogens is 714 g/mol. The molecule has 4 amide bonds. The summed E-state index contributed by atoms with van der Waals surface area (Å²) in [5.41, 5.74) is -1.55. The standard InChI is InChI=1S/C36H46ClN5O9S/c1-5-50-28-18-38-31(26-15-23(37)10-11-25(26)28)51-24-16-27-30(43)40-36(33(45)41-52(48,49)35(4)12-13-35)17-22(36)9-7-6-8-20(2)14-21(3)29(39-34(46)47)32(44)42(27)19-24/h7,9-11,15,18,20-22,24,27,29,39H,5-6,8,12-14,16-17,19H2,1-4H3,(H,40,43)(H,41,45)(H,46,47)/b9-7-/t20-,21-,22-,24-,27+,29+,36-/m1/s1. The largest absolute Gasteiger partial charge is 0.492 e. The average Bonchev–Trinajstić information content (AvgIpc) is 3.96. The van der Waals surface area contributed by atoms with E-state index >= 15 is 0 Å². The third-order valence-electron chi connectivity index (χ3n) is 10.9. The number of carboxylic acid groups (broad SMARTS) is 1. The second kappa shape index (κ2) is 14.4. The van der Waals surface area contributed by atoms with Gasteiger partial charge in [0.2, 0.25) is 27.7 Å². The van der Waals surface area contributed by atoms with Gasteiger partial charge in [-0.1, -0.05) is 37.6 Å². The molecule has 4 N–H and O–H groups in total. The number of aromatic nitrogens is 1. The Morgan fingerprint density at radius 3 is 2.62 bits per heavy atom. The highest BCUT2D eigenvalue weighted by molar-refractivity contribution is 7.91. The van der Waals surface area contributed by atoms with E-state index in [0.29, 0.717) is 53.8 Å². The molecule has 6 rings (SSSR count). The molecule has 282 valence electrons. The van der Waals surface area contributed by atoms with Gasteiger partial charge >= 0.3 is 6.09 Å². The van der Waals surface area contributed by atoms with Crippen LogP contribution < -0.4 is 24.8 Å². The molecule has 2 aliphatic heterocycles. The van der Waals surface area contributed by atoms with Crippen LogP contribution in [-0.4, -0.2) is 88.8 Å². The molecule has 0 unspecified atom stereocenters. The third-order valence-corrected chi connectivity index (χ3v) is 13.3. The molecule has 4 aliphatic rings. The first-order valence-corrected chi connectivity index (χ1v) is 19.7. The number of hydrogen-bond acceptors (Lipinski definition) is 9. The van der Waals surface area contributed by atoms with Crippen LogP contribution in [0, 0.1) is 17.8 Å². The lowest BCUT2D eigenvalue weighted by Crippen LogP contribution is -2.59. The van der Waals surface area contributed by atoms with E-state index in [9.17, 15) is 32.7 Å². The lowest BCUT2D eigenvalue weighted by molar-refractivity contribution is -0.142. The van der Waals surface area contributed by atoms with E-state index in [4.69, 9.17) is 21.1 Å². The number of pyridine rings is 1. The number of benzene rings is 1. The molecule has 0 spiro atoms. The van der Waals surface area contributed by atoms with E-state index in [1.165, 1.54) is 11.1 Å². The fraction of sp³-hybridized carbons (Fsp3) is 0.583. The molecule has 16 heteroatoms. The van der Waals surface area contributed by atoms with Crippen molar-refractivity contribution in [3.8, 4) is 11.6 Å². The van der Waals surface area contributed by atoms with Gasteiger partial charge in [-0.15, -0.1) is 0 Å². The Morgan fingerprint density at radius 2 is 1.92 bits per heavy atom. The number of nitrogens with zero attached hydrogens (tertiary/aromatic N) is 2. The van der Waals surface area contributed by atoms with Gasteiger partial charge in [0.15, 0.2) is 0 Å². The zero-order chi connectivity index (χ0) is 37.6. The highest BCUT2D eigenvalue weighted by Crippen LogP contribution is 2.47. The van der Waals surface area contributed by atoms with Gasteiger partial charge in [-0.3, -0.25) is 19.1 Å². The maximum absolute atomic E-state index is 14.4. The topological polar surface area (TPSA) is 193 Å². The minimum atomic E-state index is -4.01. The van der Waals surface area contributed by atoms with Gasteiger partial charge in [0, 0.05) is 28.1 Å². The molecule has 2 aromatic rings. The van der Waals surface area contributed by atoms with Crippen molar-refractivity contribution < 1.29 is 42.2 Å². The van der Waals surface area contributed by atoms with E-state index < -0.39 is 74.1 Å². The van der Waals surface area contributed by atoms with Crippen LogP contribution >= 0.6 is 11.6 Å². The number of halogens is 1. The summed E-state index contributed by atoms with van der Waals surface area (Å²) in [7, 11) is -4.01. The highest BCUT2D eigenvalue weighted by Gasteiger charge is 2.63. The number of carbonyl (C=O) groups is 4.